The maximum absolute atomic E-state index is 10.4. The zero-order valence-electron chi connectivity index (χ0n) is 11.9. The van der Waals surface area contributed by atoms with Crippen molar-refractivity contribution in [1.82, 2.24) is 0 Å². The zero-order valence-corrected chi connectivity index (χ0v) is 11.9. The van der Waals surface area contributed by atoms with Gasteiger partial charge in [-0.2, -0.15) is 0 Å². The van der Waals surface area contributed by atoms with Crippen LogP contribution in [0.25, 0.3) is 0 Å². The third kappa shape index (κ3) is 1.57. The van der Waals surface area contributed by atoms with Crippen molar-refractivity contribution in [3.8, 4) is 0 Å². The van der Waals surface area contributed by atoms with Gasteiger partial charge in [-0.05, 0) is 54.6 Å². The molecule has 0 aromatic carbocycles. The van der Waals surface area contributed by atoms with Gasteiger partial charge >= 0.3 is 0 Å². The van der Waals surface area contributed by atoms with Crippen molar-refractivity contribution in [2.24, 2.45) is 29.1 Å². The molecule has 0 aromatic heterocycles. The van der Waals surface area contributed by atoms with E-state index >= 15 is 0 Å². The van der Waals surface area contributed by atoms with E-state index in [2.05, 4.69) is 25.2 Å². The molecule has 0 radical (unpaired) electrons. The van der Waals surface area contributed by atoms with E-state index in [9.17, 15) is 10.2 Å². The van der Waals surface area contributed by atoms with Gasteiger partial charge in [-0.1, -0.05) is 25.2 Å². The Morgan fingerprint density at radius 3 is 2.95 bits per heavy atom. The smallest absolute Gasteiger partial charge is 0.115 e. The number of aliphatic hydroxyl groups excluding tert-OH is 2. The Hall–Kier alpha value is -1.44. The van der Waals surface area contributed by atoms with Crippen molar-refractivity contribution >= 4 is 0 Å². The molecule has 0 amide bonds. The largest absolute Gasteiger partial charge is 0.512 e. The first-order valence-corrected chi connectivity index (χ1v) is 7.77. The normalized spacial score (nSPS) is 45.8. The van der Waals surface area contributed by atoms with Crippen LogP contribution in [-0.2, 0) is 0 Å². The van der Waals surface area contributed by atoms with E-state index in [1.165, 1.54) is 12.8 Å². The Balaban J connectivity index is 1.73. The summed E-state index contributed by atoms with van der Waals surface area (Å²) in [6, 6.07) is 0. The molecule has 2 N–H and O–H groups in total. The van der Waals surface area contributed by atoms with Gasteiger partial charge in [0.15, 0.2) is 0 Å². The van der Waals surface area contributed by atoms with Crippen molar-refractivity contribution in [3.63, 3.8) is 0 Å². The molecule has 4 aliphatic rings. The highest BCUT2D eigenvalue weighted by atomic mass is 16.3. The van der Waals surface area contributed by atoms with Gasteiger partial charge in [0.1, 0.15) is 5.76 Å². The standard InChI is InChI=1S/C18H22O2/c1-18-7-2-3-16(18)14-10-17(20)15-9-11(19)4-5-12(15)13(14)6-8-18/h2,4-5,7,9,12-14,16,19-20H,3,6,8,10H2,1H3/t12-,13-,14-,16+,18+/m1/s1. The van der Waals surface area contributed by atoms with Gasteiger partial charge in [0.25, 0.3) is 0 Å². The Morgan fingerprint density at radius 1 is 1.25 bits per heavy atom. The Bertz CT molecular complexity index is 566. The summed E-state index contributed by atoms with van der Waals surface area (Å²) >= 11 is 0. The lowest BCUT2D eigenvalue weighted by atomic mass is 9.54. The number of allylic oxidation sites excluding steroid dienone is 7. The van der Waals surface area contributed by atoms with E-state index in [1.807, 2.05) is 0 Å². The third-order valence-corrected chi connectivity index (χ3v) is 6.18. The Morgan fingerprint density at radius 2 is 2.10 bits per heavy atom. The lowest BCUT2D eigenvalue weighted by molar-refractivity contribution is 0.0301. The molecule has 106 valence electrons. The van der Waals surface area contributed by atoms with E-state index in [0.29, 0.717) is 34.8 Å². The van der Waals surface area contributed by atoms with Crippen molar-refractivity contribution < 1.29 is 10.2 Å². The summed E-state index contributed by atoms with van der Waals surface area (Å²) in [6.45, 7) is 2.39. The summed E-state index contributed by atoms with van der Waals surface area (Å²) in [5.74, 6) is 2.95. The molecule has 1 saturated carbocycles. The van der Waals surface area contributed by atoms with Gasteiger partial charge in [0, 0.05) is 17.9 Å². The number of hydrogen-bond acceptors (Lipinski definition) is 2. The molecule has 2 heteroatoms. The average Bonchev–Trinajstić information content (AvgIpc) is 2.81. The summed E-state index contributed by atoms with van der Waals surface area (Å²) in [4.78, 5) is 0. The second-order valence-electron chi connectivity index (χ2n) is 7.18. The monoisotopic (exact) mass is 270 g/mol. The lowest BCUT2D eigenvalue weighted by Gasteiger charge is -2.50. The van der Waals surface area contributed by atoms with Crippen LogP contribution >= 0.6 is 0 Å². The number of fused-ring (bicyclic) bond motifs is 5. The Kier molecular flexibility index (Phi) is 2.48. The fourth-order valence-electron chi connectivity index (χ4n) is 5.14. The second-order valence-corrected chi connectivity index (χ2v) is 7.18. The topological polar surface area (TPSA) is 40.5 Å². The predicted molar refractivity (Wildman–Crippen MR) is 79.2 cm³/mol. The van der Waals surface area contributed by atoms with E-state index in [0.717, 1.165) is 18.4 Å². The summed E-state index contributed by atoms with van der Waals surface area (Å²) in [5, 5.41) is 20.1. The van der Waals surface area contributed by atoms with Gasteiger partial charge in [-0.15, -0.1) is 0 Å². The number of rotatable bonds is 0. The average molecular weight is 270 g/mol. The van der Waals surface area contributed by atoms with Gasteiger partial charge in [-0.3, -0.25) is 0 Å². The highest BCUT2D eigenvalue weighted by molar-refractivity contribution is 5.40. The van der Waals surface area contributed by atoms with Crippen molar-refractivity contribution in [2.75, 3.05) is 0 Å². The molecule has 0 aliphatic heterocycles. The van der Waals surface area contributed by atoms with Crippen LogP contribution in [0.4, 0.5) is 0 Å². The van der Waals surface area contributed by atoms with Crippen LogP contribution in [0.1, 0.15) is 32.6 Å². The van der Waals surface area contributed by atoms with Crippen LogP contribution in [0.3, 0.4) is 0 Å². The summed E-state index contributed by atoms with van der Waals surface area (Å²) in [5.41, 5.74) is 1.30. The molecule has 0 spiro atoms. The van der Waals surface area contributed by atoms with Crippen LogP contribution in [0.2, 0.25) is 0 Å². The molecule has 20 heavy (non-hydrogen) atoms. The molecule has 4 rings (SSSR count). The highest BCUT2D eigenvalue weighted by Crippen LogP contribution is 2.59. The van der Waals surface area contributed by atoms with Gasteiger partial charge in [0.2, 0.25) is 0 Å². The first-order valence-electron chi connectivity index (χ1n) is 7.77. The minimum absolute atomic E-state index is 0.268. The fraction of sp³-hybridized carbons (Fsp3) is 0.556. The molecule has 0 unspecified atom stereocenters. The zero-order chi connectivity index (χ0) is 13.9. The molecule has 0 aromatic rings. The van der Waals surface area contributed by atoms with Crippen LogP contribution in [0, 0.1) is 29.1 Å². The van der Waals surface area contributed by atoms with E-state index in [4.69, 9.17) is 0 Å². The lowest BCUT2D eigenvalue weighted by Crippen LogP contribution is -2.43. The molecular weight excluding hydrogens is 248 g/mol. The molecule has 2 nitrogen and oxygen atoms in total. The quantitative estimate of drug-likeness (QED) is 0.639. The third-order valence-electron chi connectivity index (χ3n) is 6.18. The molecular formula is C18H22O2. The summed E-state index contributed by atoms with van der Waals surface area (Å²) < 4.78 is 0. The second kappa shape index (κ2) is 4.03. The van der Waals surface area contributed by atoms with Crippen molar-refractivity contribution in [2.45, 2.75) is 32.6 Å². The van der Waals surface area contributed by atoms with Gasteiger partial charge in [0.05, 0.1) is 5.76 Å². The van der Waals surface area contributed by atoms with E-state index in [1.54, 1.807) is 12.2 Å². The maximum Gasteiger partial charge on any atom is 0.115 e. The van der Waals surface area contributed by atoms with Crippen molar-refractivity contribution in [1.29, 1.82) is 0 Å². The minimum atomic E-state index is 0.268. The Labute approximate surface area is 120 Å². The molecule has 0 bridgehead atoms. The van der Waals surface area contributed by atoms with Crippen LogP contribution < -0.4 is 0 Å². The molecule has 5 atom stereocenters. The molecule has 0 heterocycles. The molecule has 1 fully saturated rings. The predicted octanol–water partition coefficient (Wildman–Crippen LogP) is 4.44. The van der Waals surface area contributed by atoms with Crippen LogP contribution in [0.5, 0.6) is 0 Å². The van der Waals surface area contributed by atoms with E-state index in [-0.39, 0.29) is 5.76 Å². The summed E-state index contributed by atoms with van der Waals surface area (Å²) in [6.07, 6.45) is 14.8. The highest BCUT2D eigenvalue weighted by Gasteiger charge is 2.51. The first-order chi connectivity index (χ1) is 9.58. The molecule has 0 saturated heterocycles. The van der Waals surface area contributed by atoms with Gasteiger partial charge < -0.3 is 10.2 Å². The molecule has 4 aliphatic carbocycles. The summed E-state index contributed by atoms with van der Waals surface area (Å²) in [7, 11) is 0. The first kappa shape index (κ1) is 12.3. The van der Waals surface area contributed by atoms with Crippen LogP contribution in [0.15, 0.2) is 47.5 Å². The van der Waals surface area contributed by atoms with E-state index < -0.39 is 0 Å². The number of aliphatic hydroxyl groups is 2. The SMILES string of the molecule is C[C@@]12C=CC[C@H]1[C@@H]1CC(O)=C3C=C(O)C=C[C@@H]3[C@H]1CC2. The van der Waals surface area contributed by atoms with Crippen LogP contribution in [-0.4, -0.2) is 10.2 Å². The van der Waals surface area contributed by atoms with Crippen molar-refractivity contribution in [3.05, 3.63) is 47.5 Å². The number of hydrogen-bond donors (Lipinski definition) is 2. The van der Waals surface area contributed by atoms with Gasteiger partial charge in [-0.25, -0.2) is 0 Å². The fourth-order valence-corrected chi connectivity index (χ4v) is 5.14. The maximum atomic E-state index is 10.4. The minimum Gasteiger partial charge on any atom is -0.512 e.